The standard InChI is InChI=1S/C17H14BrN3O3/c1-23-14-7-5-11(6-8-14)17(22)19-10-15-20-16(21-24-15)12-3-2-4-13(18)9-12/h2-9H,10H2,1H3,(H,19,22). The van der Waals surface area contributed by atoms with Crippen molar-refractivity contribution in [2.75, 3.05) is 7.11 Å². The molecular formula is C17H14BrN3O3. The lowest BCUT2D eigenvalue weighted by Gasteiger charge is -2.03. The number of carbonyl (C=O) groups is 1. The summed E-state index contributed by atoms with van der Waals surface area (Å²) in [4.78, 5) is 16.4. The summed E-state index contributed by atoms with van der Waals surface area (Å²) in [6, 6.07) is 14.4. The van der Waals surface area contributed by atoms with Gasteiger partial charge in [-0.2, -0.15) is 4.98 Å². The van der Waals surface area contributed by atoms with Gasteiger partial charge < -0.3 is 14.6 Å². The van der Waals surface area contributed by atoms with Gasteiger partial charge in [0.2, 0.25) is 11.7 Å². The molecule has 0 unspecified atom stereocenters. The van der Waals surface area contributed by atoms with Crippen LogP contribution < -0.4 is 10.1 Å². The third kappa shape index (κ3) is 3.80. The molecule has 1 amide bonds. The molecule has 1 N–H and O–H groups in total. The van der Waals surface area contributed by atoms with E-state index < -0.39 is 0 Å². The van der Waals surface area contributed by atoms with E-state index in [9.17, 15) is 4.79 Å². The van der Waals surface area contributed by atoms with Gasteiger partial charge in [0.1, 0.15) is 5.75 Å². The van der Waals surface area contributed by atoms with Gasteiger partial charge in [0.25, 0.3) is 5.91 Å². The molecule has 3 rings (SSSR count). The van der Waals surface area contributed by atoms with Crippen molar-refractivity contribution in [2.45, 2.75) is 6.54 Å². The molecule has 6 nitrogen and oxygen atoms in total. The van der Waals surface area contributed by atoms with Crippen LogP contribution in [0.25, 0.3) is 11.4 Å². The fourth-order valence-electron chi connectivity index (χ4n) is 2.07. The molecule has 7 heteroatoms. The number of benzene rings is 2. The fourth-order valence-corrected chi connectivity index (χ4v) is 2.47. The number of nitrogens with zero attached hydrogens (tertiary/aromatic N) is 2. The maximum atomic E-state index is 12.1. The van der Waals surface area contributed by atoms with Crippen LogP contribution in [0.4, 0.5) is 0 Å². The van der Waals surface area contributed by atoms with Crippen LogP contribution >= 0.6 is 15.9 Å². The number of carbonyl (C=O) groups excluding carboxylic acids is 1. The fraction of sp³-hybridized carbons (Fsp3) is 0.118. The van der Waals surface area contributed by atoms with Crippen LogP contribution in [0.2, 0.25) is 0 Å². The van der Waals surface area contributed by atoms with Crippen LogP contribution in [0, 0.1) is 0 Å². The predicted octanol–water partition coefficient (Wildman–Crippen LogP) is 3.44. The predicted molar refractivity (Wildman–Crippen MR) is 91.6 cm³/mol. The molecule has 0 aliphatic rings. The number of amides is 1. The number of halogens is 1. The van der Waals surface area contributed by atoms with Crippen molar-refractivity contribution in [3.63, 3.8) is 0 Å². The Morgan fingerprint density at radius 2 is 2.04 bits per heavy atom. The van der Waals surface area contributed by atoms with Gasteiger partial charge in [-0.1, -0.05) is 33.2 Å². The van der Waals surface area contributed by atoms with E-state index in [1.807, 2.05) is 24.3 Å². The molecule has 0 saturated carbocycles. The van der Waals surface area contributed by atoms with E-state index in [-0.39, 0.29) is 12.5 Å². The van der Waals surface area contributed by atoms with Crippen LogP contribution in [0.15, 0.2) is 57.5 Å². The SMILES string of the molecule is COc1ccc(C(=O)NCc2nc(-c3cccc(Br)c3)no2)cc1. The summed E-state index contributed by atoms with van der Waals surface area (Å²) in [5.41, 5.74) is 1.36. The molecule has 0 aliphatic carbocycles. The van der Waals surface area contributed by atoms with Crippen LogP contribution in [-0.2, 0) is 6.54 Å². The number of hydrogen-bond donors (Lipinski definition) is 1. The van der Waals surface area contributed by atoms with Crippen LogP contribution in [-0.4, -0.2) is 23.2 Å². The summed E-state index contributed by atoms with van der Waals surface area (Å²) in [6.45, 7) is 0.159. The molecule has 0 spiro atoms. The second kappa shape index (κ2) is 7.27. The minimum Gasteiger partial charge on any atom is -0.497 e. The topological polar surface area (TPSA) is 77.2 Å². The molecule has 24 heavy (non-hydrogen) atoms. The smallest absolute Gasteiger partial charge is 0.251 e. The molecule has 1 aromatic heterocycles. The summed E-state index contributed by atoms with van der Waals surface area (Å²) >= 11 is 3.40. The molecular weight excluding hydrogens is 374 g/mol. The van der Waals surface area contributed by atoms with E-state index >= 15 is 0 Å². The average molecular weight is 388 g/mol. The highest BCUT2D eigenvalue weighted by atomic mass is 79.9. The molecule has 0 saturated heterocycles. The van der Waals surface area contributed by atoms with Crippen molar-refractivity contribution in [3.05, 3.63) is 64.5 Å². The summed E-state index contributed by atoms with van der Waals surface area (Å²) in [5.74, 6) is 1.29. The Labute approximate surface area is 147 Å². The molecule has 0 bridgehead atoms. The first kappa shape index (κ1) is 16.2. The maximum absolute atomic E-state index is 12.1. The van der Waals surface area contributed by atoms with E-state index in [0.717, 1.165) is 10.0 Å². The Bertz CT molecular complexity index is 846. The van der Waals surface area contributed by atoms with Crippen LogP contribution in [0.1, 0.15) is 16.2 Å². The zero-order valence-corrected chi connectivity index (χ0v) is 14.4. The number of nitrogens with one attached hydrogen (secondary N) is 1. The minimum atomic E-state index is -0.222. The van der Waals surface area contributed by atoms with Gasteiger partial charge in [0.15, 0.2) is 0 Å². The van der Waals surface area contributed by atoms with Gasteiger partial charge in [-0.15, -0.1) is 0 Å². The lowest BCUT2D eigenvalue weighted by atomic mass is 10.2. The first-order valence-electron chi connectivity index (χ1n) is 7.16. The van der Waals surface area contributed by atoms with Gasteiger partial charge in [-0.3, -0.25) is 4.79 Å². The quantitative estimate of drug-likeness (QED) is 0.725. The molecule has 0 fully saturated rings. The van der Waals surface area contributed by atoms with Crippen LogP contribution in [0.5, 0.6) is 5.75 Å². The Morgan fingerprint density at radius 3 is 2.75 bits per heavy atom. The third-order valence-electron chi connectivity index (χ3n) is 3.30. The molecule has 0 aliphatic heterocycles. The van der Waals surface area contributed by atoms with E-state index in [1.165, 1.54) is 0 Å². The number of methoxy groups -OCH3 is 1. The molecule has 0 atom stereocenters. The van der Waals surface area contributed by atoms with E-state index in [4.69, 9.17) is 9.26 Å². The second-order valence-electron chi connectivity index (χ2n) is 4.93. The van der Waals surface area contributed by atoms with Gasteiger partial charge in [0, 0.05) is 15.6 Å². The maximum Gasteiger partial charge on any atom is 0.251 e. The molecule has 2 aromatic carbocycles. The minimum absolute atomic E-state index is 0.159. The second-order valence-corrected chi connectivity index (χ2v) is 5.85. The lowest BCUT2D eigenvalue weighted by molar-refractivity contribution is 0.0946. The van der Waals surface area contributed by atoms with E-state index in [0.29, 0.717) is 23.0 Å². The Morgan fingerprint density at radius 1 is 1.25 bits per heavy atom. The third-order valence-corrected chi connectivity index (χ3v) is 3.80. The van der Waals surface area contributed by atoms with Crippen molar-refractivity contribution in [1.29, 1.82) is 0 Å². The van der Waals surface area contributed by atoms with Crippen molar-refractivity contribution >= 4 is 21.8 Å². The molecule has 1 heterocycles. The van der Waals surface area contributed by atoms with E-state index in [2.05, 4.69) is 31.4 Å². The largest absolute Gasteiger partial charge is 0.497 e. The van der Waals surface area contributed by atoms with Crippen molar-refractivity contribution in [1.82, 2.24) is 15.5 Å². The summed E-state index contributed by atoms with van der Waals surface area (Å²) in [6.07, 6.45) is 0. The van der Waals surface area contributed by atoms with Gasteiger partial charge in [-0.05, 0) is 36.4 Å². The highest BCUT2D eigenvalue weighted by molar-refractivity contribution is 9.10. The van der Waals surface area contributed by atoms with Crippen molar-refractivity contribution in [3.8, 4) is 17.1 Å². The normalized spacial score (nSPS) is 10.4. The highest BCUT2D eigenvalue weighted by Gasteiger charge is 2.11. The molecule has 3 aromatic rings. The summed E-state index contributed by atoms with van der Waals surface area (Å²) in [7, 11) is 1.58. The van der Waals surface area contributed by atoms with Crippen LogP contribution in [0.3, 0.4) is 0 Å². The number of rotatable bonds is 5. The number of ether oxygens (including phenoxy) is 1. The monoisotopic (exact) mass is 387 g/mol. The first-order valence-corrected chi connectivity index (χ1v) is 7.96. The summed E-state index contributed by atoms with van der Waals surface area (Å²) in [5, 5.41) is 6.67. The number of aromatic nitrogens is 2. The highest BCUT2D eigenvalue weighted by Crippen LogP contribution is 2.20. The van der Waals surface area contributed by atoms with E-state index in [1.54, 1.807) is 31.4 Å². The first-order chi connectivity index (χ1) is 11.7. The Kier molecular flexibility index (Phi) is 4.90. The summed E-state index contributed by atoms with van der Waals surface area (Å²) < 4.78 is 11.2. The Balaban J connectivity index is 1.63. The van der Waals surface area contributed by atoms with Gasteiger partial charge in [0.05, 0.1) is 13.7 Å². The van der Waals surface area contributed by atoms with Gasteiger partial charge >= 0.3 is 0 Å². The van der Waals surface area contributed by atoms with Crippen molar-refractivity contribution < 1.29 is 14.1 Å². The number of hydrogen-bond acceptors (Lipinski definition) is 5. The van der Waals surface area contributed by atoms with Gasteiger partial charge in [-0.25, -0.2) is 0 Å². The zero-order valence-electron chi connectivity index (χ0n) is 12.8. The lowest BCUT2D eigenvalue weighted by Crippen LogP contribution is -2.22. The average Bonchev–Trinajstić information content (AvgIpc) is 3.09. The zero-order chi connectivity index (χ0) is 16.9. The Hall–Kier alpha value is -2.67. The van der Waals surface area contributed by atoms with Crippen molar-refractivity contribution in [2.24, 2.45) is 0 Å². The molecule has 0 radical (unpaired) electrons. The molecule has 122 valence electrons.